The lowest BCUT2D eigenvalue weighted by molar-refractivity contribution is -0.223. The Morgan fingerprint density at radius 3 is 2.82 bits per heavy atom. The van der Waals surface area contributed by atoms with Crippen molar-refractivity contribution in [2.24, 2.45) is 5.73 Å². The van der Waals surface area contributed by atoms with Crippen LogP contribution in [0.3, 0.4) is 0 Å². The van der Waals surface area contributed by atoms with Gasteiger partial charge in [0.1, 0.15) is 6.23 Å². The Balaban J connectivity index is 2.53. The van der Waals surface area contributed by atoms with E-state index < -0.39 is 18.1 Å². The molecule has 0 bridgehead atoms. The highest BCUT2D eigenvalue weighted by Crippen LogP contribution is 2.19. The number of hydrogen-bond acceptors (Lipinski definition) is 4. The molecule has 4 nitrogen and oxygen atoms in total. The van der Waals surface area contributed by atoms with Crippen molar-refractivity contribution < 1.29 is 14.6 Å². The van der Waals surface area contributed by atoms with Crippen molar-refractivity contribution in [3.05, 3.63) is 0 Å². The normalized spacial score (nSPS) is 38.2. The van der Waals surface area contributed by atoms with Gasteiger partial charge in [0.15, 0.2) is 5.79 Å². The SMILES string of the molecule is CC1(C)OCC(O)CC(N)O1. The van der Waals surface area contributed by atoms with Gasteiger partial charge in [-0.2, -0.15) is 0 Å². The van der Waals surface area contributed by atoms with Crippen molar-refractivity contribution in [2.45, 2.75) is 38.4 Å². The van der Waals surface area contributed by atoms with E-state index >= 15 is 0 Å². The summed E-state index contributed by atoms with van der Waals surface area (Å²) < 4.78 is 10.5. The quantitative estimate of drug-likeness (QED) is 0.516. The minimum atomic E-state index is -0.670. The maximum atomic E-state index is 9.21. The molecule has 0 amide bonds. The molecule has 1 aliphatic rings. The third-order valence-corrected chi connectivity index (χ3v) is 1.56. The van der Waals surface area contributed by atoms with Gasteiger partial charge in [-0.25, -0.2) is 0 Å². The Kier molecular flexibility index (Phi) is 2.49. The highest BCUT2D eigenvalue weighted by atomic mass is 16.7. The summed E-state index contributed by atoms with van der Waals surface area (Å²) in [6, 6.07) is 0. The summed E-state index contributed by atoms with van der Waals surface area (Å²) >= 11 is 0. The smallest absolute Gasteiger partial charge is 0.164 e. The van der Waals surface area contributed by atoms with E-state index in [9.17, 15) is 5.11 Å². The molecule has 1 rings (SSSR count). The number of hydrogen-bond donors (Lipinski definition) is 2. The van der Waals surface area contributed by atoms with Crippen LogP contribution in [0.25, 0.3) is 0 Å². The molecule has 2 atom stereocenters. The molecule has 3 N–H and O–H groups in total. The molecule has 0 saturated carbocycles. The van der Waals surface area contributed by atoms with Gasteiger partial charge in [-0.1, -0.05) is 0 Å². The fraction of sp³-hybridized carbons (Fsp3) is 1.00. The molecule has 1 aliphatic heterocycles. The molecule has 4 heteroatoms. The Morgan fingerprint density at radius 2 is 2.18 bits per heavy atom. The van der Waals surface area contributed by atoms with Crippen LogP contribution in [0.5, 0.6) is 0 Å². The topological polar surface area (TPSA) is 64.7 Å². The summed E-state index contributed by atoms with van der Waals surface area (Å²) in [6.07, 6.45) is -0.502. The third kappa shape index (κ3) is 2.75. The lowest BCUT2D eigenvalue weighted by Gasteiger charge is -2.24. The number of rotatable bonds is 0. The zero-order chi connectivity index (χ0) is 8.48. The Bertz CT molecular complexity index is 138. The second-order valence-electron chi connectivity index (χ2n) is 3.26. The van der Waals surface area contributed by atoms with Crippen LogP contribution < -0.4 is 5.73 Å². The second-order valence-corrected chi connectivity index (χ2v) is 3.26. The zero-order valence-corrected chi connectivity index (χ0v) is 6.91. The van der Waals surface area contributed by atoms with Crippen LogP contribution in [0.1, 0.15) is 20.3 Å². The Morgan fingerprint density at radius 1 is 1.55 bits per heavy atom. The van der Waals surface area contributed by atoms with Crippen molar-refractivity contribution in [3.63, 3.8) is 0 Å². The lowest BCUT2D eigenvalue weighted by Crippen LogP contribution is -2.35. The van der Waals surface area contributed by atoms with E-state index in [1.807, 2.05) is 0 Å². The Hall–Kier alpha value is -0.160. The first-order valence-corrected chi connectivity index (χ1v) is 3.75. The standard InChI is InChI=1S/C7H15NO3/c1-7(2)10-4-5(9)3-6(8)11-7/h5-6,9H,3-4,8H2,1-2H3. The van der Waals surface area contributed by atoms with Crippen LogP contribution in [-0.2, 0) is 9.47 Å². The first-order chi connectivity index (χ1) is 4.99. The summed E-state index contributed by atoms with van der Waals surface area (Å²) in [7, 11) is 0. The molecule has 66 valence electrons. The molecule has 1 heterocycles. The summed E-state index contributed by atoms with van der Waals surface area (Å²) in [6.45, 7) is 3.86. The van der Waals surface area contributed by atoms with Gasteiger partial charge in [0.25, 0.3) is 0 Å². The molecule has 0 radical (unpaired) electrons. The molecule has 2 unspecified atom stereocenters. The fourth-order valence-electron chi connectivity index (χ4n) is 1.08. The van der Waals surface area contributed by atoms with Gasteiger partial charge in [-0.05, 0) is 13.8 Å². The van der Waals surface area contributed by atoms with Gasteiger partial charge in [-0.15, -0.1) is 0 Å². The van der Waals surface area contributed by atoms with Gasteiger partial charge in [-0.3, -0.25) is 0 Å². The minimum absolute atomic E-state index is 0.292. The summed E-state index contributed by atoms with van der Waals surface area (Å²) in [4.78, 5) is 0. The molecule has 1 saturated heterocycles. The average molecular weight is 161 g/mol. The van der Waals surface area contributed by atoms with Crippen molar-refractivity contribution in [2.75, 3.05) is 6.61 Å². The molecular weight excluding hydrogens is 146 g/mol. The van der Waals surface area contributed by atoms with E-state index in [4.69, 9.17) is 15.2 Å². The first-order valence-electron chi connectivity index (χ1n) is 3.75. The summed E-state index contributed by atoms with van der Waals surface area (Å²) in [5, 5.41) is 9.21. The monoisotopic (exact) mass is 161 g/mol. The molecule has 0 aliphatic carbocycles. The Labute approximate surface area is 66.3 Å². The number of aliphatic hydroxyl groups excluding tert-OH is 1. The number of ether oxygens (including phenoxy) is 2. The van der Waals surface area contributed by atoms with Crippen LogP contribution in [0, 0.1) is 0 Å². The van der Waals surface area contributed by atoms with E-state index in [1.165, 1.54) is 0 Å². The molecule has 0 aromatic rings. The van der Waals surface area contributed by atoms with E-state index in [0.29, 0.717) is 13.0 Å². The van der Waals surface area contributed by atoms with Gasteiger partial charge >= 0.3 is 0 Å². The lowest BCUT2D eigenvalue weighted by atomic mass is 10.2. The fourth-order valence-corrected chi connectivity index (χ4v) is 1.08. The maximum Gasteiger partial charge on any atom is 0.164 e. The predicted octanol–water partition coefficient (Wildman–Crippen LogP) is -0.195. The van der Waals surface area contributed by atoms with E-state index in [-0.39, 0.29) is 0 Å². The van der Waals surface area contributed by atoms with Crippen molar-refractivity contribution in [3.8, 4) is 0 Å². The van der Waals surface area contributed by atoms with Gasteiger partial charge < -0.3 is 20.3 Å². The first kappa shape index (κ1) is 8.93. The highest BCUT2D eigenvalue weighted by molar-refractivity contribution is 4.68. The van der Waals surface area contributed by atoms with E-state index in [2.05, 4.69) is 0 Å². The molecule has 0 aromatic carbocycles. The van der Waals surface area contributed by atoms with Gasteiger partial charge in [0.05, 0.1) is 12.7 Å². The second kappa shape index (κ2) is 3.06. The molecule has 1 fully saturated rings. The summed E-state index contributed by atoms with van der Waals surface area (Å²) in [5.41, 5.74) is 5.54. The largest absolute Gasteiger partial charge is 0.391 e. The summed E-state index contributed by atoms with van der Waals surface area (Å²) in [5.74, 6) is -0.670. The number of aliphatic hydroxyl groups is 1. The van der Waals surface area contributed by atoms with Crippen molar-refractivity contribution in [1.29, 1.82) is 0 Å². The molecule has 0 aromatic heterocycles. The van der Waals surface area contributed by atoms with Crippen LogP contribution in [0.2, 0.25) is 0 Å². The van der Waals surface area contributed by atoms with E-state index in [1.54, 1.807) is 13.8 Å². The zero-order valence-electron chi connectivity index (χ0n) is 6.91. The maximum absolute atomic E-state index is 9.21. The highest BCUT2D eigenvalue weighted by Gasteiger charge is 2.28. The van der Waals surface area contributed by atoms with Crippen molar-refractivity contribution in [1.82, 2.24) is 0 Å². The van der Waals surface area contributed by atoms with Crippen LogP contribution >= 0.6 is 0 Å². The van der Waals surface area contributed by atoms with Crippen LogP contribution in [0.15, 0.2) is 0 Å². The number of nitrogens with two attached hydrogens (primary N) is 1. The average Bonchev–Trinajstić information content (AvgIpc) is 1.90. The van der Waals surface area contributed by atoms with E-state index in [0.717, 1.165) is 0 Å². The molecular formula is C7H15NO3. The molecule has 11 heavy (non-hydrogen) atoms. The van der Waals surface area contributed by atoms with Crippen LogP contribution in [0.4, 0.5) is 0 Å². The third-order valence-electron chi connectivity index (χ3n) is 1.56. The van der Waals surface area contributed by atoms with Crippen LogP contribution in [-0.4, -0.2) is 29.8 Å². The van der Waals surface area contributed by atoms with Gasteiger partial charge in [0.2, 0.25) is 0 Å². The van der Waals surface area contributed by atoms with Gasteiger partial charge in [0, 0.05) is 6.42 Å². The minimum Gasteiger partial charge on any atom is -0.391 e. The van der Waals surface area contributed by atoms with Crippen molar-refractivity contribution >= 4 is 0 Å². The predicted molar refractivity (Wildman–Crippen MR) is 39.7 cm³/mol. The molecule has 0 spiro atoms.